The predicted molar refractivity (Wildman–Crippen MR) is 84.7 cm³/mol. The highest BCUT2D eigenvalue weighted by Gasteiger charge is 2.72. The number of hydrogen-bond acceptors (Lipinski definition) is 0. The van der Waals surface area contributed by atoms with E-state index in [1.165, 1.54) is 39.0 Å². The Balaban J connectivity index is 3.02. The molecule has 0 aromatic heterocycles. The van der Waals surface area contributed by atoms with Gasteiger partial charge in [-0.05, 0) is 61.1 Å². The molecule has 2 aromatic carbocycles. The van der Waals surface area contributed by atoms with Gasteiger partial charge >= 0.3 is 12.4 Å². The normalized spacial score (nSPS) is 13.2. The van der Waals surface area contributed by atoms with Crippen LogP contribution in [-0.4, -0.2) is 12.4 Å². The molecule has 0 atom stereocenters. The molecule has 6 heteroatoms. The van der Waals surface area contributed by atoms with Crippen molar-refractivity contribution in [3.63, 3.8) is 0 Å². The monoisotopic (exact) mass is 360 g/mol. The van der Waals surface area contributed by atoms with Crippen molar-refractivity contribution in [2.24, 2.45) is 0 Å². The van der Waals surface area contributed by atoms with Gasteiger partial charge < -0.3 is 0 Å². The van der Waals surface area contributed by atoms with Gasteiger partial charge in [0, 0.05) is 0 Å². The first-order valence-corrected chi connectivity index (χ1v) is 7.62. The summed E-state index contributed by atoms with van der Waals surface area (Å²) in [5.41, 5.74) is -4.31. The van der Waals surface area contributed by atoms with E-state index in [9.17, 15) is 26.3 Å². The number of benzene rings is 2. The van der Waals surface area contributed by atoms with Gasteiger partial charge in [-0.25, -0.2) is 0 Å². The molecular formula is C19H18F6. The smallest absolute Gasteiger partial charge is 0.169 e. The lowest BCUT2D eigenvalue weighted by molar-refractivity contribution is -0.288. The van der Waals surface area contributed by atoms with E-state index < -0.39 is 28.9 Å². The van der Waals surface area contributed by atoms with Gasteiger partial charge in [-0.1, -0.05) is 36.4 Å². The maximum Gasteiger partial charge on any atom is 0.411 e. The number of halogens is 6. The van der Waals surface area contributed by atoms with Gasteiger partial charge in [-0.3, -0.25) is 0 Å². The highest BCUT2D eigenvalue weighted by molar-refractivity contribution is 5.51. The van der Waals surface area contributed by atoms with Crippen LogP contribution in [0.15, 0.2) is 36.4 Å². The second-order valence-corrected chi connectivity index (χ2v) is 6.29. The zero-order chi connectivity index (χ0) is 19.2. The average Bonchev–Trinajstić information content (AvgIpc) is 2.45. The van der Waals surface area contributed by atoms with Crippen LogP contribution in [0.2, 0.25) is 0 Å². The predicted octanol–water partition coefficient (Wildman–Crippen LogP) is 6.33. The van der Waals surface area contributed by atoms with Crippen molar-refractivity contribution in [3.8, 4) is 0 Å². The van der Waals surface area contributed by atoms with Crippen molar-refractivity contribution >= 4 is 0 Å². The third kappa shape index (κ3) is 2.92. The summed E-state index contributed by atoms with van der Waals surface area (Å²) in [6, 6.07) is 6.84. The van der Waals surface area contributed by atoms with Crippen LogP contribution in [0.5, 0.6) is 0 Å². The maximum atomic E-state index is 14.1. The molecule has 0 amide bonds. The quantitative estimate of drug-likeness (QED) is 0.549. The van der Waals surface area contributed by atoms with Crippen molar-refractivity contribution in [1.82, 2.24) is 0 Å². The van der Waals surface area contributed by atoms with Crippen LogP contribution in [0.3, 0.4) is 0 Å². The fourth-order valence-electron chi connectivity index (χ4n) is 3.08. The Labute approximate surface area is 142 Å². The number of aryl methyl sites for hydroxylation is 3. The summed E-state index contributed by atoms with van der Waals surface area (Å²) in [5.74, 6) is 0. The van der Waals surface area contributed by atoms with Crippen LogP contribution < -0.4 is 0 Å². The van der Waals surface area contributed by atoms with E-state index in [2.05, 4.69) is 0 Å². The fourth-order valence-corrected chi connectivity index (χ4v) is 3.08. The van der Waals surface area contributed by atoms with Crippen molar-refractivity contribution in [2.45, 2.75) is 45.5 Å². The molecule has 2 rings (SSSR count). The largest absolute Gasteiger partial charge is 0.411 e. The summed E-state index contributed by atoms with van der Waals surface area (Å²) >= 11 is 0. The Morgan fingerprint density at radius 3 is 1.68 bits per heavy atom. The topological polar surface area (TPSA) is 0 Å². The number of alkyl halides is 6. The van der Waals surface area contributed by atoms with Gasteiger partial charge in [0.2, 0.25) is 5.41 Å². The van der Waals surface area contributed by atoms with Crippen LogP contribution in [-0.2, 0) is 5.41 Å². The number of hydrogen-bond donors (Lipinski definition) is 0. The average molecular weight is 360 g/mol. The standard InChI is InChI=1S/C19H18F6/c1-11-8-9-15(10-13(11)3)17(18(20,21)22,19(23,24)25)16-7-5-6-12(2)14(16)4/h5-10H,1-4H3. The Hall–Kier alpha value is -1.98. The molecule has 136 valence electrons. The molecule has 0 aliphatic rings. The summed E-state index contributed by atoms with van der Waals surface area (Å²) in [7, 11) is 0. The van der Waals surface area contributed by atoms with E-state index in [1.807, 2.05) is 0 Å². The molecule has 0 unspecified atom stereocenters. The van der Waals surface area contributed by atoms with E-state index in [0.29, 0.717) is 16.7 Å². The molecule has 0 heterocycles. The molecular weight excluding hydrogens is 342 g/mol. The third-order valence-corrected chi connectivity index (χ3v) is 4.80. The van der Waals surface area contributed by atoms with Gasteiger partial charge in [0.15, 0.2) is 0 Å². The minimum absolute atomic E-state index is 0.0182. The van der Waals surface area contributed by atoms with E-state index in [-0.39, 0.29) is 5.56 Å². The van der Waals surface area contributed by atoms with Gasteiger partial charge in [0.1, 0.15) is 0 Å². The zero-order valence-electron chi connectivity index (χ0n) is 14.2. The molecule has 25 heavy (non-hydrogen) atoms. The van der Waals surface area contributed by atoms with Crippen LogP contribution >= 0.6 is 0 Å². The van der Waals surface area contributed by atoms with E-state index in [0.717, 1.165) is 18.2 Å². The lowest BCUT2D eigenvalue weighted by Crippen LogP contribution is -2.55. The van der Waals surface area contributed by atoms with Crippen molar-refractivity contribution < 1.29 is 26.3 Å². The summed E-state index contributed by atoms with van der Waals surface area (Å²) in [4.78, 5) is 0. The molecule has 0 nitrogen and oxygen atoms in total. The molecule has 0 aliphatic heterocycles. The summed E-state index contributed by atoms with van der Waals surface area (Å²) < 4.78 is 84.4. The van der Waals surface area contributed by atoms with Crippen molar-refractivity contribution in [2.75, 3.05) is 0 Å². The maximum absolute atomic E-state index is 14.1. The van der Waals surface area contributed by atoms with Crippen LogP contribution in [0.25, 0.3) is 0 Å². The van der Waals surface area contributed by atoms with Crippen molar-refractivity contribution in [3.05, 3.63) is 69.8 Å². The Kier molecular flexibility index (Phi) is 4.70. The molecule has 0 N–H and O–H groups in total. The van der Waals surface area contributed by atoms with Crippen LogP contribution in [0.1, 0.15) is 33.4 Å². The second-order valence-electron chi connectivity index (χ2n) is 6.29. The zero-order valence-corrected chi connectivity index (χ0v) is 14.2. The van der Waals surface area contributed by atoms with Crippen molar-refractivity contribution in [1.29, 1.82) is 0 Å². The third-order valence-electron chi connectivity index (χ3n) is 4.80. The lowest BCUT2D eigenvalue weighted by Gasteiger charge is -2.39. The van der Waals surface area contributed by atoms with Gasteiger partial charge in [-0.15, -0.1) is 0 Å². The van der Waals surface area contributed by atoms with Crippen LogP contribution in [0.4, 0.5) is 26.3 Å². The molecule has 0 fully saturated rings. The van der Waals surface area contributed by atoms with Gasteiger partial charge in [-0.2, -0.15) is 26.3 Å². The molecule has 0 bridgehead atoms. The molecule has 0 spiro atoms. The summed E-state index contributed by atoms with van der Waals surface area (Å²) in [6.45, 7) is 5.92. The molecule has 2 aromatic rings. The van der Waals surface area contributed by atoms with Gasteiger partial charge in [0.25, 0.3) is 0 Å². The molecule has 0 radical (unpaired) electrons. The first-order valence-electron chi connectivity index (χ1n) is 7.62. The Bertz CT molecular complexity index is 769. The fraction of sp³-hybridized carbons (Fsp3) is 0.368. The summed E-state index contributed by atoms with van der Waals surface area (Å²) in [6.07, 6.45) is -11.1. The highest BCUT2D eigenvalue weighted by atomic mass is 19.4. The SMILES string of the molecule is Cc1ccc(C(c2cccc(C)c2C)(C(F)(F)F)C(F)(F)F)cc1C. The Morgan fingerprint density at radius 1 is 0.640 bits per heavy atom. The Morgan fingerprint density at radius 2 is 1.20 bits per heavy atom. The first-order chi connectivity index (χ1) is 11.3. The molecule has 0 aliphatic carbocycles. The second kappa shape index (κ2) is 6.07. The van der Waals surface area contributed by atoms with Gasteiger partial charge in [0.05, 0.1) is 0 Å². The first kappa shape index (κ1) is 19.3. The molecule has 0 saturated carbocycles. The minimum atomic E-state index is -5.55. The highest BCUT2D eigenvalue weighted by Crippen LogP contribution is 2.57. The van der Waals surface area contributed by atoms with E-state index >= 15 is 0 Å². The molecule has 0 saturated heterocycles. The van der Waals surface area contributed by atoms with Crippen LogP contribution in [0, 0.1) is 27.7 Å². The van der Waals surface area contributed by atoms with E-state index in [1.54, 1.807) is 6.92 Å². The van der Waals surface area contributed by atoms with E-state index in [4.69, 9.17) is 0 Å². The summed E-state index contributed by atoms with van der Waals surface area (Å²) in [5, 5.41) is 0. The lowest BCUT2D eigenvalue weighted by atomic mass is 9.70. The minimum Gasteiger partial charge on any atom is -0.169 e. The number of rotatable bonds is 2.